The molecule has 25 heavy (non-hydrogen) atoms. The number of phenolic OH excluding ortho intramolecular Hbond substituents is 1. The maximum Gasteiger partial charge on any atom is 0.248 e. The second-order valence-corrected chi connectivity index (χ2v) is 7.68. The summed E-state index contributed by atoms with van der Waals surface area (Å²) < 4.78 is 0. The Kier molecular flexibility index (Phi) is 4.09. The number of fused-ring (bicyclic) bond motifs is 2. The Bertz CT molecular complexity index is 756. The van der Waals surface area contributed by atoms with Crippen LogP contribution in [0.15, 0.2) is 12.1 Å². The molecule has 3 fully saturated rings. The molecule has 134 valence electrons. The molecule has 0 unspecified atom stereocenters. The van der Waals surface area contributed by atoms with Crippen LogP contribution in [0.5, 0.6) is 5.75 Å². The van der Waals surface area contributed by atoms with Gasteiger partial charge in [-0.2, -0.15) is 0 Å². The molecular weight excluding hydrogens is 367 g/mol. The number of piperidine rings is 1. The quantitative estimate of drug-likeness (QED) is 0.772. The lowest BCUT2D eigenvalue weighted by Gasteiger charge is -2.47. The molecule has 3 heterocycles. The highest BCUT2D eigenvalue weighted by Crippen LogP contribution is 2.44. The van der Waals surface area contributed by atoms with Gasteiger partial charge in [0.2, 0.25) is 11.8 Å². The first-order valence-electron chi connectivity index (χ1n) is 8.36. The summed E-state index contributed by atoms with van der Waals surface area (Å²) in [5.41, 5.74) is 0.539. The Labute approximate surface area is 154 Å². The van der Waals surface area contributed by atoms with Crippen molar-refractivity contribution in [2.24, 2.45) is 0 Å². The van der Waals surface area contributed by atoms with Crippen LogP contribution in [0.3, 0.4) is 0 Å². The summed E-state index contributed by atoms with van der Waals surface area (Å²) in [7, 11) is 0. The molecule has 1 aromatic rings. The van der Waals surface area contributed by atoms with E-state index in [9.17, 15) is 19.8 Å². The number of aliphatic hydroxyl groups is 1. The molecular formula is C17H18Cl2N2O4. The standard InChI is InChI=1S/C17H18Cl2N2O4/c18-9-1-2-11(22)13(14(9)19)8-3-5-20-10(7-8)16(24)21-6-4-12(23)15(21)17(20)25/h1-2,8,10,12,15,22-23H,3-7H2/t8-,10+,12-,15+/m0/s1. The minimum atomic E-state index is -0.790. The normalized spacial score (nSPS) is 32.0. The topological polar surface area (TPSA) is 81.1 Å². The van der Waals surface area contributed by atoms with Crippen molar-refractivity contribution in [1.82, 2.24) is 9.80 Å². The number of aliphatic hydroxyl groups excluding tert-OH is 1. The van der Waals surface area contributed by atoms with Crippen LogP contribution in [0, 0.1) is 0 Å². The van der Waals surface area contributed by atoms with Crippen LogP contribution in [0.4, 0.5) is 0 Å². The van der Waals surface area contributed by atoms with Gasteiger partial charge in [-0.1, -0.05) is 23.2 Å². The SMILES string of the molecule is O=C1[C@H]2[C@@H](O)CCN2C(=O)[C@H]2C[C@@H](c3c(O)ccc(Cl)c3Cl)CCN12. The highest BCUT2D eigenvalue weighted by molar-refractivity contribution is 6.42. The number of benzene rings is 1. The molecule has 6 nitrogen and oxygen atoms in total. The fourth-order valence-electron chi connectivity index (χ4n) is 4.35. The summed E-state index contributed by atoms with van der Waals surface area (Å²) >= 11 is 12.4. The van der Waals surface area contributed by atoms with E-state index in [4.69, 9.17) is 23.2 Å². The average Bonchev–Trinajstić information content (AvgIpc) is 2.98. The number of piperazine rings is 1. The molecule has 0 spiro atoms. The van der Waals surface area contributed by atoms with Crippen LogP contribution >= 0.6 is 23.2 Å². The molecule has 4 atom stereocenters. The first-order valence-corrected chi connectivity index (χ1v) is 9.11. The van der Waals surface area contributed by atoms with Gasteiger partial charge < -0.3 is 20.0 Å². The van der Waals surface area contributed by atoms with Crippen LogP contribution in [0.2, 0.25) is 10.0 Å². The van der Waals surface area contributed by atoms with Gasteiger partial charge in [-0.15, -0.1) is 0 Å². The Morgan fingerprint density at radius 2 is 1.76 bits per heavy atom. The largest absolute Gasteiger partial charge is 0.508 e. The number of hydrogen-bond donors (Lipinski definition) is 2. The van der Waals surface area contributed by atoms with Crippen molar-refractivity contribution in [2.45, 2.75) is 43.4 Å². The maximum atomic E-state index is 12.8. The number of amides is 2. The summed E-state index contributed by atoms with van der Waals surface area (Å²) in [6.45, 7) is 0.786. The second kappa shape index (κ2) is 6.04. The zero-order chi connectivity index (χ0) is 17.9. The predicted molar refractivity (Wildman–Crippen MR) is 91.7 cm³/mol. The van der Waals surface area contributed by atoms with Crippen LogP contribution in [0.1, 0.15) is 30.7 Å². The van der Waals surface area contributed by atoms with Gasteiger partial charge in [0, 0.05) is 18.7 Å². The molecule has 1 aromatic carbocycles. The molecule has 4 rings (SSSR count). The predicted octanol–water partition coefficient (Wildman–Crippen LogP) is 1.75. The fourth-order valence-corrected chi connectivity index (χ4v) is 4.83. The van der Waals surface area contributed by atoms with Crippen LogP contribution < -0.4 is 0 Å². The molecule has 2 N–H and O–H groups in total. The van der Waals surface area contributed by atoms with Crippen LogP contribution in [-0.2, 0) is 9.59 Å². The number of carbonyl (C=O) groups excluding carboxylic acids is 2. The first-order chi connectivity index (χ1) is 11.9. The van der Waals surface area contributed by atoms with Gasteiger partial charge >= 0.3 is 0 Å². The lowest BCUT2D eigenvalue weighted by molar-refractivity contribution is -0.164. The third kappa shape index (κ3) is 2.50. The van der Waals surface area contributed by atoms with E-state index in [2.05, 4.69) is 0 Å². The van der Waals surface area contributed by atoms with Gasteiger partial charge in [-0.3, -0.25) is 9.59 Å². The lowest BCUT2D eigenvalue weighted by atomic mass is 9.82. The van der Waals surface area contributed by atoms with Crippen molar-refractivity contribution in [1.29, 1.82) is 0 Å². The van der Waals surface area contributed by atoms with Crippen molar-refractivity contribution in [3.63, 3.8) is 0 Å². The zero-order valence-corrected chi connectivity index (χ0v) is 14.9. The van der Waals surface area contributed by atoms with Gasteiger partial charge in [0.1, 0.15) is 17.8 Å². The molecule has 0 radical (unpaired) electrons. The maximum absolute atomic E-state index is 12.8. The Hall–Kier alpha value is -1.50. The third-order valence-electron chi connectivity index (χ3n) is 5.59. The molecule has 3 aliphatic rings. The summed E-state index contributed by atoms with van der Waals surface area (Å²) in [5, 5.41) is 20.9. The highest BCUT2D eigenvalue weighted by Gasteiger charge is 2.53. The molecule has 0 bridgehead atoms. The number of rotatable bonds is 1. The Morgan fingerprint density at radius 1 is 1.04 bits per heavy atom. The van der Waals surface area contributed by atoms with Crippen molar-refractivity contribution in [3.8, 4) is 5.75 Å². The van der Waals surface area contributed by atoms with E-state index in [-0.39, 0.29) is 23.5 Å². The summed E-state index contributed by atoms with van der Waals surface area (Å²) in [6.07, 6.45) is 0.595. The number of nitrogens with zero attached hydrogens (tertiary/aromatic N) is 2. The van der Waals surface area contributed by atoms with Crippen LogP contribution in [-0.4, -0.2) is 63.1 Å². The number of aromatic hydroxyl groups is 1. The number of hydrogen-bond acceptors (Lipinski definition) is 4. The fraction of sp³-hybridized carbons (Fsp3) is 0.529. The van der Waals surface area contributed by atoms with Crippen molar-refractivity contribution >= 4 is 35.0 Å². The highest BCUT2D eigenvalue weighted by atomic mass is 35.5. The lowest BCUT2D eigenvalue weighted by Crippen LogP contribution is -2.66. The van der Waals surface area contributed by atoms with Crippen molar-refractivity contribution in [3.05, 3.63) is 27.7 Å². The van der Waals surface area contributed by atoms with E-state index in [1.54, 1.807) is 4.90 Å². The van der Waals surface area contributed by atoms with E-state index in [1.165, 1.54) is 17.0 Å². The number of carbonyl (C=O) groups is 2. The molecule has 0 saturated carbocycles. The summed E-state index contributed by atoms with van der Waals surface area (Å²) in [6, 6.07) is 1.70. The van der Waals surface area contributed by atoms with E-state index >= 15 is 0 Å². The second-order valence-electron chi connectivity index (χ2n) is 6.90. The van der Waals surface area contributed by atoms with Crippen LogP contribution in [0.25, 0.3) is 0 Å². The zero-order valence-electron chi connectivity index (χ0n) is 13.4. The molecule has 8 heteroatoms. The van der Waals surface area contributed by atoms with Crippen molar-refractivity contribution in [2.75, 3.05) is 13.1 Å². The summed E-state index contributed by atoms with van der Waals surface area (Å²) in [5.74, 6) is -0.428. The minimum Gasteiger partial charge on any atom is -0.508 e. The van der Waals surface area contributed by atoms with Gasteiger partial charge in [-0.25, -0.2) is 0 Å². The van der Waals surface area contributed by atoms with Gasteiger partial charge in [-0.05, 0) is 37.3 Å². The van der Waals surface area contributed by atoms with Gasteiger partial charge in [0.25, 0.3) is 0 Å². The summed E-state index contributed by atoms with van der Waals surface area (Å²) in [4.78, 5) is 28.6. The first kappa shape index (κ1) is 16.9. The smallest absolute Gasteiger partial charge is 0.248 e. The number of phenols is 1. The molecule has 2 amide bonds. The van der Waals surface area contributed by atoms with Crippen molar-refractivity contribution < 1.29 is 19.8 Å². The Morgan fingerprint density at radius 3 is 2.52 bits per heavy atom. The third-order valence-corrected chi connectivity index (χ3v) is 6.41. The van der Waals surface area contributed by atoms with E-state index in [0.717, 1.165) is 0 Å². The number of halogens is 2. The Balaban J connectivity index is 1.65. The van der Waals surface area contributed by atoms with Gasteiger partial charge in [0.05, 0.1) is 16.1 Å². The van der Waals surface area contributed by atoms with E-state index in [0.29, 0.717) is 48.0 Å². The molecule has 3 aliphatic heterocycles. The van der Waals surface area contributed by atoms with E-state index in [1.807, 2.05) is 0 Å². The average molecular weight is 385 g/mol. The van der Waals surface area contributed by atoms with Gasteiger partial charge in [0.15, 0.2) is 0 Å². The molecule has 0 aliphatic carbocycles. The molecule has 3 saturated heterocycles. The van der Waals surface area contributed by atoms with E-state index < -0.39 is 18.2 Å². The minimum absolute atomic E-state index is 0.0527. The monoisotopic (exact) mass is 384 g/mol. The molecule has 0 aromatic heterocycles.